The number of hydrogen-bond acceptors (Lipinski definition) is 0. The molecule has 4 rings (SSSR count). The van der Waals surface area contributed by atoms with Gasteiger partial charge in [-0.25, -0.2) is 0 Å². The zero-order valence-corrected chi connectivity index (χ0v) is 17.8. The molecule has 0 aromatic rings. The molecule has 0 aromatic carbocycles. The zero-order valence-electron chi connectivity index (χ0n) is 17.8. The fourth-order valence-corrected chi connectivity index (χ4v) is 7.85. The summed E-state index contributed by atoms with van der Waals surface area (Å²) in [5.41, 5.74) is 0. The summed E-state index contributed by atoms with van der Waals surface area (Å²) >= 11 is 0. The second kappa shape index (κ2) is 9.47. The standard InChI is InChI=1S/C26H46/c1-2-20-8-10-22(11-9-20)24-16-18-26(19-17-24)25-14-12-23(13-15-25)21-6-4-3-5-7-21/h20-26H,2-19H2,1H3. The van der Waals surface area contributed by atoms with Gasteiger partial charge in [0.2, 0.25) is 0 Å². The van der Waals surface area contributed by atoms with Gasteiger partial charge in [-0.3, -0.25) is 0 Å². The fraction of sp³-hybridized carbons (Fsp3) is 1.00. The quantitative estimate of drug-likeness (QED) is 0.473. The summed E-state index contributed by atoms with van der Waals surface area (Å²) in [7, 11) is 0. The molecule has 4 aliphatic rings. The van der Waals surface area contributed by atoms with Gasteiger partial charge in [-0.1, -0.05) is 58.3 Å². The Hall–Kier alpha value is 0. The van der Waals surface area contributed by atoms with E-state index in [1.54, 1.807) is 89.9 Å². The summed E-state index contributed by atoms with van der Waals surface area (Å²) in [6.45, 7) is 2.40. The average molecular weight is 359 g/mol. The summed E-state index contributed by atoms with van der Waals surface area (Å²) in [6, 6.07) is 0. The van der Waals surface area contributed by atoms with E-state index in [0.717, 1.165) is 41.4 Å². The Morgan fingerprint density at radius 3 is 1.04 bits per heavy atom. The van der Waals surface area contributed by atoms with Gasteiger partial charge in [0.05, 0.1) is 0 Å². The van der Waals surface area contributed by atoms with Crippen molar-refractivity contribution in [1.82, 2.24) is 0 Å². The summed E-state index contributed by atoms with van der Waals surface area (Å²) in [5.74, 6) is 7.78. The van der Waals surface area contributed by atoms with Crippen molar-refractivity contribution >= 4 is 0 Å². The van der Waals surface area contributed by atoms with Gasteiger partial charge in [-0.05, 0) is 106 Å². The highest BCUT2D eigenvalue weighted by atomic mass is 14.4. The van der Waals surface area contributed by atoms with Crippen molar-refractivity contribution in [2.45, 2.75) is 122 Å². The largest absolute Gasteiger partial charge is 0.0651 e. The van der Waals surface area contributed by atoms with Gasteiger partial charge in [-0.2, -0.15) is 0 Å². The molecule has 0 heteroatoms. The SMILES string of the molecule is CCC1CCC(C2CCC(C3CCC(C4CCCCC4)CC3)CC2)CC1. The molecule has 0 saturated heterocycles. The summed E-state index contributed by atoms with van der Waals surface area (Å²) in [6.07, 6.45) is 28.2. The Morgan fingerprint density at radius 2 is 0.692 bits per heavy atom. The molecule has 0 bridgehead atoms. The van der Waals surface area contributed by atoms with Gasteiger partial charge in [0.1, 0.15) is 0 Å². The molecule has 0 heterocycles. The molecule has 4 saturated carbocycles. The predicted molar refractivity (Wildman–Crippen MR) is 113 cm³/mol. The third kappa shape index (κ3) is 4.70. The van der Waals surface area contributed by atoms with Crippen molar-refractivity contribution in [1.29, 1.82) is 0 Å². The highest BCUT2D eigenvalue weighted by Crippen LogP contribution is 2.47. The molecule has 0 unspecified atom stereocenters. The van der Waals surface area contributed by atoms with E-state index in [1.807, 2.05) is 0 Å². The second-order valence-corrected chi connectivity index (χ2v) is 10.9. The van der Waals surface area contributed by atoms with Crippen molar-refractivity contribution < 1.29 is 0 Å². The highest BCUT2D eigenvalue weighted by Gasteiger charge is 2.35. The Bertz CT molecular complexity index is 382. The average Bonchev–Trinajstić information content (AvgIpc) is 2.75. The molecular formula is C26H46. The number of rotatable bonds is 4. The molecule has 26 heavy (non-hydrogen) atoms. The minimum absolute atomic E-state index is 1.07. The first-order valence-electron chi connectivity index (χ1n) is 12.8. The van der Waals surface area contributed by atoms with Gasteiger partial charge in [0, 0.05) is 0 Å². The van der Waals surface area contributed by atoms with Crippen molar-refractivity contribution in [3.63, 3.8) is 0 Å². The van der Waals surface area contributed by atoms with Crippen molar-refractivity contribution in [2.75, 3.05) is 0 Å². The van der Waals surface area contributed by atoms with Crippen LogP contribution < -0.4 is 0 Å². The Labute approximate surface area is 164 Å². The minimum atomic E-state index is 1.07. The van der Waals surface area contributed by atoms with Crippen LogP contribution in [0.4, 0.5) is 0 Å². The first-order valence-corrected chi connectivity index (χ1v) is 12.8. The lowest BCUT2D eigenvalue weighted by atomic mass is 9.63. The van der Waals surface area contributed by atoms with Crippen molar-refractivity contribution in [2.24, 2.45) is 41.4 Å². The Kier molecular flexibility index (Phi) is 7.04. The second-order valence-electron chi connectivity index (χ2n) is 10.9. The van der Waals surface area contributed by atoms with E-state index in [4.69, 9.17) is 0 Å². The smallest absolute Gasteiger partial charge is 0.0386 e. The fourth-order valence-electron chi connectivity index (χ4n) is 7.85. The topological polar surface area (TPSA) is 0 Å². The third-order valence-corrected chi connectivity index (χ3v) is 9.75. The lowest BCUT2D eigenvalue weighted by molar-refractivity contribution is 0.0897. The van der Waals surface area contributed by atoms with Gasteiger partial charge < -0.3 is 0 Å². The minimum Gasteiger partial charge on any atom is -0.0651 e. The summed E-state index contributed by atoms with van der Waals surface area (Å²) < 4.78 is 0. The monoisotopic (exact) mass is 358 g/mol. The van der Waals surface area contributed by atoms with Crippen molar-refractivity contribution in [3.8, 4) is 0 Å². The molecule has 0 spiro atoms. The lowest BCUT2D eigenvalue weighted by Crippen LogP contribution is -2.31. The van der Waals surface area contributed by atoms with Crippen LogP contribution >= 0.6 is 0 Å². The van der Waals surface area contributed by atoms with E-state index < -0.39 is 0 Å². The van der Waals surface area contributed by atoms with Crippen molar-refractivity contribution in [3.05, 3.63) is 0 Å². The maximum absolute atomic E-state index is 2.40. The van der Waals surface area contributed by atoms with Crippen LogP contribution in [0.1, 0.15) is 122 Å². The van der Waals surface area contributed by atoms with Gasteiger partial charge in [0.15, 0.2) is 0 Å². The van der Waals surface area contributed by atoms with E-state index in [-0.39, 0.29) is 0 Å². The maximum atomic E-state index is 2.40. The van der Waals surface area contributed by atoms with E-state index in [1.165, 1.54) is 25.7 Å². The van der Waals surface area contributed by atoms with Crippen LogP contribution in [0.25, 0.3) is 0 Å². The molecule has 0 amide bonds. The van der Waals surface area contributed by atoms with Crippen LogP contribution in [-0.4, -0.2) is 0 Å². The van der Waals surface area contributed by atoms with Crippen LogP contribution in [-0.2, 0) is 0 Å². The molecule has 4 fully saturated rings. The molecule has 0 atom stereocenters. The third-order valence-electron chi connectivity index (χ3n) is 9.75. The molecule has 0 aromatic heterocycles. The summed E-state index contributed by atoms with van der Waals surface area (Å²) in [5, 5.41) is 0. The molecule has 150 valence electrons. The van der Waals surface area contributed by atoms with E-state index in [0.29, 0.717) is 0 Å². The van der Waals surface area contributed by atoms with Crippen LogP contribution in [0.15, 0.2) is 0 Å². The Morgan fingerprint density at radius 1 is 0.385 bits per heavy atom. The van der Waals surface area contributed by atoms with Crippen LogP contribution in [0.5, 0.6) is 0 Å². The Balaban J connectivity index is 1.17. The molecule has 0 aliphatic heterocycles. The maximum Gasteiger partial charge on any atom is -0.0386 e. The highest BCUT2D eigenvalue weighted by molar-refractivity contribution is 4.87. The molecule has 0 nitrogen and oxygen atoms in total. The van der Waals surface area contributed by atoms with Crippen LogP contribution in [0.3, 0.4) is 0 Å². The van der Waals surface area contributed by atoms with E-state index >= 15 is 0 Å². The molecule has 4 aliphatic carbocycles. The lowest BCUT2D eigenvalue weighted by Gasteiger charge is -2.42. The van der Waals surface area contributed by atoms with Crippen LogP contribution in [0, 0.1) is 41.4 Å². The number of hydrogen-bond donors (Lipinski definition) is 0. The normalized spacial score (nSPS) is 43.3. The first kappa shape index (κ1) is 19.3. The molecule has 0 N–H and O–H groups in total. The molecular weight excluding hydrogens is 312 g/mol. The van der Waals surface area contributed by atoms with Gasteiger partial charge >= 0.3 is 0 Å². The van der Waals surface area contributed by atoms with Gasteiger partial charge in [-0.15, -0.1) is 0 Å². The van der Waals surface area contributed by atoms with E-state index in [2.05, 4.69) is 6.92 Å². The first-order chi connectivity index (χ1) is 12.8. The van der Waals surface area contributed by atoms with Crippen LogP contribution in [0.2, 0.25) is 0 Å². The van der Waals surface area contributed by atoms with E-state index in [9.17, 15) is 0 Å². The zero-order chi connectivity index (χ0) is 17.8. The summed E-state index contributed by atoms with van der Waals surface area (Å²) in [4.78, 5) is 0. The predicted octanol–water partition coefficient (Wildman–Crippen LogP) is 8.40. The molecule has 0 radical (unpaired) electrons. The van der Waals surface area contributed by atoms with Gasteiger partial charge in [0.25, 0.3) is 0 Å².